The van der Waals surface area contributed by atoms with Gasteiger partial charge in [0.15, 0.2) is 0 Å². The van der Waals surface area contributed by atoms with Gasteiger partial charge in [0, 0.05) is 12.0 Å². The number of rotatable bonds is 1. The minimum absolute atomic E-state index is 0.211. The number of methoxy groups -OCH3 is 1. The van der Waals surface area contributed by atoms with E-state index in [0.29, 0.717) is 22.9 Å². The first-order valence-corrected chi connectivity index (χ1v) is 4.93. The number of carbonyl (C=O) groups excluding carboxylic acids is 1. The number of anilines is 1. The third-order valence-corrected chi connectivity index (χ3v) is 2.76. The van der Waals surface area contributed by atoms with Crippen molar-refractivity contribution in [1.82, 2.24) is 0 Å². The van der Waals surface area contributed by atoms with Crippen molar-refractivity contribution < 1.29 is 9.53 Å². The van der Waals surface area contributed by atoms with E-state index in [1.165, 1.54) is 0 Å². The number of halogens is 1. The fourth-order valence-electron chi connectivity index (χ4n) is 1.66. The van der Waals surface area contributed by atoms with Gasteiger partial charge in [0.05, 0.1) is 23.9 Å². The highest BCUT2D eigenvalue weighted by Gasteiger charge is 2.26. The lowest BCUT2D eigenvalue weighted by atomic mass is 9.98. The second-order valence-electron chi connectivity index (χ2n) is 3.40. The summed E-state index contributed by atoms with van der Waals surface area (Å²) in [5, 5.41) is 3.18. The first kappa shape index (κ1) is 10.3. The van der Waals surface area contributed by atoms with E-state index in [4.69, 9.17) is 22.1 Å². The Bertz CT molecular complexity index is 420. The van der Waals surface area contributed by atoms with Crippen molar-refractivity contribution in [2.45, 2.75) is 12.5 Å². The highest BCUT2D eigenvalue weighted by atomic mass is 35.5. The van der Waals surface area contributed by atoms with Crippen LogP contribution in [0.1, 0.15) is 5.56 Å². The van der Waals surface area contributed by atoms with Crippen LogP contribution in [0.4, 0.5) is 5.69 Å². The zero-order chi connectivity index (χ0) is 11.0. The molecule has 15 heavy (non-hydrogen) atoms. The SMILES string of the molecule is COc1ccc(Cl)c2c1CC(N)C(=O)N2. The molecule has 0 radical (unpaired) electrons. The van der Waals surface area contributed by atoms with Crippen molar-refractivity contribution in [2.24, 2.45) is 5.73 Å². The highest BCUT2D eigenvalue weighted by Crippen LogP contribution is 2.36. The fourth-order valence-corrected chi connectivity index (χ4v) is 1.88. The van der Waals surface area contributed by atoms with E-state index in [-0.39, 0.29) is 5.91 Å². The van der Waals surface area contributed by atoms with Gasteiger partial charge in [0.1, 0.15) is 5.75 Å². The molecule has 0 aromatic heterocycles. The molecule has 1 unspecified atom stereocenters. The summed E-state index contributed by atoms with van der Waals surface area (Å²) in [6, 6.07) is 2.92. The Morgan fingerprint density at radius 3 is 3.00 bits per heavy atom. The van der Waals surface area contributed by atoms with Gasteiger partial charge in [-0.25, -0.2) is 0 Å². The lowest BCUT2D eigenvalue weighted by molar-refractivity contribution is -0.117. The van der Waals surface area contributed by atoms with Crippen LogP contribution in [0.5, 0.6) is 5.75 Å². The van der Waals surface area contributed by atoms with Crippen molar-refractivity contribution >= 4 is 23.2 Å². The number of benzene rings is 1. The Kier molecular flexibility index (Phi) is 2.54. The van der Waals surface area contributed by atoms with Crippen molar-refractivity contribution in [3.63, 3.8) is 0 Å². The standard InChI is InChI=1S/C10H11ClN2O2/c1-15-8-3-2-6(11)9-5(8)4-7(12)10(14)13-9/h2-3,7H,4,12H2,1H3,(H,13,14). The molecule has 2 rings (SSSR count). The summed E-state index contributed by atoms with van der Waals surface area (Å²) in [7, 11) is 1.57. The minimum Gasteiger partial charge on any atom is -0.496 e. The summed E-state index contributed by atoms with van der Waals surface area (Å²) in [6.45, 7) is 0. The number of carbonyl (C=O) groups is 1. The number of nitrogens with one attached hydrogen (secondary N) is 1. The summed E-state index contributed by atoms with van der Waals surface area (Å²) < 4.78 is 5.19. The molecule has 0 bridgehead atoms. The molecule has 3 N–H and O–H groups in total. The van der Waals surface area contributed by atoms with Crippen LogP contribution in [0.25, 0.3) is 0 Å². The van der Waals surface area contributed by atoms with E-state index in [1.54, 1.807) is 19.2 Å². The van der Waals surface area contributed by atoms with Crippen LogP contribution in [0.15, 0.2) is 12.1 Å². The van der Waals surface area contributed by atoms with Crippen molar-refractivity contribution in [3.8, 4) is 5.75 Å². The fraction of sp³-hybridized carbons (Fsp3) is 0.300. The molecule has 1 aromatic rings. The third-order valence-electron chi connectivity index (χ3n) is 2.45. The molecule has 1 amide bonds. The normalized spacial score (nSPS) is 19.4. The quantitative estimate of drug-likeness (QED) is 0.756. The summed E-state index contributed by atoms with van der Waals surface area (Å²) >= 11 is 5.97. The average Bonchev–Trinajstić information content (AvgIpc) is 2.22. The lowest BCUT2D eigenvalue weighted by Gasteiger charge is -2.24. The predicted molar refractivity (Wildman–Crippen MR) is 58.3 cm³/mol. The van der Waals surface area contributed by atoms with Crippen molar-refractivity contribution in [2.75, 3.05) is 12.4 Å². The molecule has 4 nitrogen and oxygen atoms in total. The van der Waals surface area contributed by atoms with E-state index >= 15 is 0 Å². The van der Waals surface area contributed by atoms with Gasteiger partial charge in [-0.3, -0.25) is 4.79 Å². The van der Waals surface area contributed by atoms with E-state index in [0.717, 1.165) is 5.56 Å². The molecule has 1 aromatic carbocycles. The molecule has 0 saturated carbocycles. The second-order valence-corrected chi connectivity index (χ2v) is 3.81. The lowest BCUT2D eigenvalue weighted by Crippen LogP contribution is -2.41. The van der Waals surface area contributed by atoms with E-state index in [9.17, 15) is 4.79 Å². The van der Waals surface area contributed by atoms with Gasteiger partial charge in [0.2, 0.25) is 5.91 Å². The molecular formula is C10H11ClN2O2. The number of ether oxygens (including phenoxy) is 1. The van der Waals surface area contributed by atoms with E-state index in [1.807, 2.05) is 0 Å². The molecule has 5 heteroatoms. The topological polar surface area (TPSA) is 64.3 Å². The van der Waals surface area contributed by atoms with Gasteiger partial charge in [-0.15, -0.1) is 0 Å². The van der Waals surface area contributed by atoms with Gasteiger partial charge in [-0.05, 0) is 12.1 Å². The van der Waals surface area contributed by atoms with Crippen LogP contribution >= 0.6 is 11.6 Å². The maximum absolute atomic E-state index is 11.4. The molecule has 1 aliphatic heterocycles. The Morgan fingerprint density at radius 1 is 1.60 bits per heavy atom. The van der Waals surface area contributed by atoms with Crippen LogP contribution in [0.3, 0.4) is 0 Å². The Labute approximate surface area is 92.4 Å². The van der Waals surface area contributed by atoms with Crippen LogP contribution in [-0.2, 0) is 11.2 Å². The zero-order valence-corrected chi connectivity index (χ0v) is 8.97. The molecule has 0 aliphatic carbocycles. The van der Waals surface area contributed by atoms with Crippen LogP contribution in [0, 0.1) is 0 Å². The second kappa shape index (κ2) is 3.72. The third kappa shape index (κ3) is 1.66. The average molecular weight is 227 g/mol. The summed E-state index contributed by atoms with van der Waals surface area (Å²) in [4.78, 5) is 11.4. The zero-order valence-electron chi connectivity index (χ0n) is 8.21. The van der Waals surface area contributed by atoms with E-state index < -0.39 is 6.04 Å². The highest BCUT2D eigenvalue weighted by molar-refractivity contribution is 6.34. The molecule has 0 spiro atoms. The summed E-state index contributed by atoms with van der Waals surface area (Å²) in [6.07, 6.45) is 0.449. The number of nitrogens with two attached hydrogens (primary N) is 1. The molecular weight excluding hydrogens is 216 g/mol. The van der Waals surface area contributed by atoms with Crippen molar-refractivity contribution in [3.05, 3.63) is 22.7 Å². The van der Waals surface area contributed by atoms with Gasteiger partial charge in [-0.2, -0.15) is 0 Å². The van der Waals surface area contributed by atoms with Gasteiger partial charge < -0.3 is 15.8 Å². The molecule has 80 valence electrons. The molecule has 1 aliphatic rings. The predicted octanol–water partition coefficient (Wildman–Crippen LogP) is 1.17. The van der Waals surface area contributed by atoms with Crippen molar-refractivity contribution in [1.29, 1.82) is 0 Å². The Balaban J connectivity index is 2.54. The number of hydrogen-bond donors (Lipinski definition) is 2. The maximum atomic E-state index is 11.4. The Hall–Kier alpha value is -1.26. The first-order chi connectivity index (χ1) is 7.13. The van der Waals surface area contributed by atoms with Crippen LogP contribution in [-0.4, -0.2) is 19.1 Å². The maximum Gasteiger partial charge on any atom is 0.241 e. The largest absolute Gasteiger partial charge is 0.496 e. The molecule has 1 heterocycles. The molecule has 0 saturated heterocycles. The van der Waals surface area contributed by atoms with Crippen LogP contribution in [0.2, 0.25) is 5.02 Å². The van der Waals surface area contributed by atoms with E-state index in [2.05, 4.69) is 5.32 Å². The van der Waals surface area contributed by atoms with Crippen LogP contribution < -0.4 is 15.8 Å². The number of amides is 1. The minimum atomic E-state index is -0.537. The Morgan fingerprint density at radius 2 is 2.33 bits per heavy atom. The summed E-state index contributed by atoms with van der Waals surface area (Å²) in [5.74, 6) is 0.488. The van der Waals surface area contributed by atoms with Gasteiger partial charge in [-0.1, -0.05) is 11.6 Å². The molecule has 1 atom stereocenters. The first-order valence-electron chi connectivity index (χ1n) is 4.55. The smallest absolute Gasteiger partial charge is 0.241 e. The molecule has 0 fully saturated rings. The summed E-state index contributed by atoms with van der Waals surface area (Å²) in [5.41, 5.74) is 7.13. The number of fused-ring (bicyclic) bond motifs is 1. The van der Waals surface area contributed by atoms with Gasteiger partial charge >= 0.3 is 0 Å². The van der Waals surface area contributed by atoms with Gasteiger partial charge in [0.25, 0.3) is 0 Å². The number of hydrogen-bond acceptors (Lipinski definition) is 3. The monoisotopic (exact) mass is 226 g/mol.